The maximum absolute atomic E-state index is 14.6. The van der Waals surface area contributed by atoms with E-state index in [1.165, 1.54) is 17.0 Å². The van der Waals surface area contributed by atoms with Crippen LogP contribution < -0.4 is 9.62 Å². The van der Waals surface area contributed by atoms with E-state index in [1.807, 2.05) is 51.1 Å². The largest absolute Gasteiger partial charge is 0.354 e. The number of sulfonamides is 1. The number of hydrogen-bond acceptors (Lipinski definition) is 4. The number of amides is 2. The second-order valence-electron chi connectivity index (χ2n) is 11.7. The number of nitrogens with zero attached hydrogens (tertiary/aromatic N) is 2. The first-order valence-electron chi connectivity index (χ1n) is 15.1. The van der Waals surface area contributed by atoms with Crippen LogP contribution in [0.2, 0.25) is 10.0 Å². The van der Waals surface area contributed by atoms with Gasteiger partial charge in [-0.15, -0.1) is 0 Å². The van der Waals surface area contributed by atoms with E-state index < -0.39 is 28.5 Å². The van der Waals surface area contributed by atoms with E-state index in [-0.39, 0.29) is 35.4 Å². The van der Waals surface area contributed by atoms with E-state index in [4.69, 9.17) is 23.2 Å². The van der Waals surface area contributed by atoms with Crippen LogP contribution in [0.15, 0.2) is 102 Å². The van der Waals surface area contributed by atoms with Crippen molar-refractivity contribution < 1.29 is 18.0 Å². The molecule has 0 spiro atoms. The van der Waals surface area contributed by atoms with E-state index >= 15 is 0 Å². The molecule has 2 amide bonds. The molecule has 0 bridgehead atoms. The molecule has 0 fully saturated rings. The normalized spacial score (nSPS) is 12.1. The van der Waals surface area contributed by atoms with E-state index in [9.17, 15) is 18.0 Å². The van der Waals surface area contributed by atoms with Gasteiger partial charge in [0, 0.05) is 29.6 Å². The molecule has 0 aliphatic heterocycles. The third kappa shape index (κ3) is 8.90. The minimum atomic E-state index is -4.23. The third-order valence-electron chi connectivity index (χ3n) is 7.62. The number of anilines is 1. The summed E-state index contributed by atoms with van der Waals surface area (Å²) < 4.78 is 29.6. The van der Waals surface area contributed by atoms with Gasteiger partial charge in [0.05, 0.1) is 10.6 Å². The molecule has 4 aromatic rings. The Bertz CT molecular complexity index is 1750. The molecule has 0 saturated heterocycles. The molecule has 242 valence electrons. The van der Waals surface area contributed by atoms with Crippen molar-refractivity contribution in [2.75, 3.05) is 17.4 Å². The highest BCUT2D eigenvalue weighted by molar-refractivity contribution is 7.92. The lowest BCUT2D eigenvalue weighted by molar-refractivity contribution is -0.140. The number of rotatable bonds is 13. The average molecular weight is 681 g/mol. The highest BCUT2D eigenvalue weighted by Crippen LogP contribution is 2.31. The fourth-order valence-electron chi connectivity index (χ4n) is 4.98. The van der Waals surface area contributed by atoms with Crippen LogP contribution in [0, 0.1) is 19.8 Å². The topological polar surface area (TPSA) is 86.8 Å². The number of nitrogens with one attached hydrogen (secondary N) is 1. The SMILES string of the molecule is Cc1ccc(S(=O)(=O)N(CC(=O)N(Cc2ccc(Cl)cc2)[C@@H](Cc2ccccc2)C(=O)NCC(C)C)c2cccc(Cl)c2C)cc1. The van der Waals surface area contributed by atoms with Gasteiger partial charge in [0.2, 0.25) is 11.8 Å². The van der Waals surface area contributed by atoms with Crippen LogP contribution in [0.5, 0.6) is 0 Å². The Kier molecular flexibility index (Phi) is 11.9. The van der Waals surface area contributed by atoms with Gasteiger partial charge in [-0.3, -0.25) is 13.9 Å². The van der Waals surface area contributed by atoms with Crippen molar-refractivity contribution in [2.45, 2.75) is 51.6 Å². The molecule has 4 rings (SSSR count). The number of hydrogen-bond donors (Lipinski definition) is 1. The zero-order chi connectivity index (χ0) is 33.4. The second-order valence-corrected chi connectivity index (χ2v) is 14.4. The fraction of sp³-hybridized carbons (Fsp3) is 0.278. The molecule has 10 heteroatoms. The summed E-state index contributed by atoms with van der Waals surface area (Å²) in [7, 11) is -4.23. The molecule has 7 nitrogen and oxygen atoms in total. The summed E-state index contributed by atoms with van der Waals surface area (Å²) in [5, 5.41) is 3.89. The summed E-state index contributed by atoms with van der Waals surface area (Å²) in [6.07, 6.45) is 0.227. The maximum atomic E-state index is 14.6. The summed E-state index contributed by atoms with van der Waals surface area (Å²) in [5.41, 5.74) is 3.27. The van der Waals surface area contributed by atoms with Crippen molar-refractivity contribution in [3.8, 4) is 0 Å². The van der Waals surface area contributed by atoms with Gasteiger partial charge < -0.3 is 10.2 Å². The van der Waals surface area contributed by atoms with Gasteiger partial charge >= 0.3 is 0 Å². The summed E-state index contributed by atoms with van der Waals surface area (Å²) in [6.45, 7) is 7.47. The van der Waals surface area contributed by atoms with Crippen molar-refractivity contribution >= 4 is 50.7 Å². The maximum Gasteiger partial charge on any atom is 0.264 e. The molecule has 1 atom stereocenters. The van der Waals surface area contributed by atoms with Crippen molar-refractivity contribution in [3.63, 3.8) is 0 Å². The second kappa shape index (κ2) is 15.6. The van der Waals surface area contributed by atoms with Crippen LogP contribution in [-0.2, 0) is 32.6 Å². The van der Waals surface area contributed by atoms with Crippen LogP contribution in [0.1, 0.15) is 36.1 Å². The quantitative estimate of drug-likeness (QED) is 0.162. The van der Waals surface area contributed by atoms with Gasteiger partial charge in [-0.25, -0.2) is 8.42 Å². The Morgan fingerprint density at radius 3 is 2.09 bits per heavy atom. The number of halogens is 2. The number of aryl methyl sites for hydroxylation is 1. The van der Waals surface area contributed by atoms with Gasteiger partial charge in [-0.2, -0.15) is 0 Å². The average Bonchev–Trinajstić information content (AvgIpc) is 3.03. The van der Waals surface area contributed by atoms with Gasteiger partial charge in [-0.1, -0.05) is 103 Å². The van der Waals surface area contributed by atoms with E-state index in [0.717, 1.165) is 21.0 Å². The lowest BCUT2D eigenvalue weighted by Crippen LogP contribution is -2.53. The standard InChI is InChI=1S/C36H39Cl2N3O4S/c1-25(2)22-39-36(43)34(21-28-9-6-5-7-10-28)40(23-29-15-17-30(37)18-16-29)35(42)24-41(33-12-8-11-32(38)27(33)4)46(44,45)31-19-13-26(3)14-20-31/h5-20,25,34H,21-24H2,1-4H3,(H,39,43)/t34-/m0/s1. The molecular weight excluding hydrogens is 641 g/mol. The Morgan fingerprint density at radius 1 is 0.804 bits per heavy atom. The summed E-state index contributed by atoms with van der Waals surface area (Å²) in [4.78, 5) is 29.9. The summed E-state index contributed by atoms with van der Waals surface area (Å²) in [6, 6.07) is 26.9. The van der Waals surface area contributed by atoms with E-state index in [2.05, 4.69) is 5.32 Å². The van der Waals surface area contributed by atoms with Crippen molar-refractivity contribution in [1.29, 1.82) is 0 Å². The van der Waals surface area contributed by atoms with Crippen LogP contribution >= 0.6 is 23.2 Å². The van der Waals surface area contributed by atoms with Gasteiger partial charge in [0.1, 0.15) is 12.6 Å². The fourth-order valence-corrected chi connectivity index (χ4v) is 6.75. The molecule has 1 N–H and O–H groups in total. The van der Waals surface area contributed by atoms with Gasteiger partial charge in [0.25, 0.3) is 10.0 Å². The predicted octanol–water partition coefficient (Wildman–Crippen LogP) is 7.22. The van der Waals surface area contributed by atoms with Gasteiger partial charge in [0.15, 0.2) is 0 Å². The van der Waals surface area contributed by atoms with Gasteiger partial charge in [-0.05, 0) is 72.9 Å². The molecule has 0 radical (unpaired) electrons. The Hall–Kier alpha value is -3.85. The zero-order valence-corrected chi connectivity index (χ0v) is 28.7. The Morgan fingerprint density at radius 2 is 1.46 bits per heavy atom. The Balaban J connectivity index is 1.82. The first-order valence-corrected chi connectivity index (χ1v) is 17.3. The lowest BCUT2D eigenvalue weighted by atomic mass is 10.0. The number of carbonyl (C=O) groups excluding carboxylic acids is 2. The molecular formula is C36H39Cl2N3O4S. The number of carbonyl (C=O) groups is 2. The molecule has 0 saturated carbocycles. The van der Waals surface area contributed by atoms with Crippen molar-refractivity contribution in [2.24, 2.45) is 5.92 Å². The van der Waals surface area contributed by atoms with Crippen LogP contribution in [-0.4, -0.2) is 44.3 Å². The highest BCUT2D eigenvalue weighted by Gasteiger charge is 2.35. The molecule has 0 heterocycles. The predicted molar refractivity (Wildman–Crippen MR) is 186 cm³/mol. The van der Waals surface area contributed by atoms with Crippen LogP contribution in [0.25, 0.3) is 0 Å². The first kappa shape index (κ1) is 35.0. The molecule has 46 heavy (non-hydrogen) atoms. The Labute approximate surface area is 282 Å². The summed E-state index contributed by atoms with van der Waals surface area (Å²) >= 11 is 12.6. The molecule has 4 aromatic carbocycles. The lowest BCUT2D eigenvalue weighted by Gasteiger charge is -2.34. The molecule has 0 aromatic heterocycles. The molecule has 0 aliphatic rings. The first-order chi connectivity index (χ1) is 21.9. The minimum absolute atomic E-state index is 0.0324. The van der Waals surface area contributed by atoms with Crippen molar-refractivity contribution in [3.05, 3.63) is 129 Å². The summed E-state index contributed by atoms with van der Waals surface area (Å²) in [5.74, 6) is -0.694. The van der Waals surface area contributed by atoms with Crippen molar-refractivity contribution in [1.82, 2.24) is 10.2 Å². The third-order valence-corrected chi connectivity index (χ3v) is 10.1. The highest BCUT2D eigenvalue weighted by atomic mass is 35.5. The van der Waals surface area contributed by atoms with E-state index in [1.54, 1.807) is 61.5 Å². The smallest absolute Gasteiger partial charge is 0.264 e. The molecule has 0 unspecified atom stereocenters. The number of benzene rings is 4. The molecule has 0 aliphatic carbocycles. The monoisotopic (exact) mass is 679 g/mol. The van der Waals surface area contributed by atoms with Crippen LogP contribution in [0.4, 0.5) is 5.69 Å². The zero-order valence-electron chi connectivity index (χ0n) is 26.4. The minimum Gasteiger partial charge on any atom is -0.354 e. The van der Waals surface area contributed by atoms with E-state index in [0.29, 0.717) is 22.2 Å². The van der Waals surface area contributed by atoms with Crippen LogP contribution in [0.3, 0.4) is 0 Å².